The van der Waals surface area contributed by atoms with Gasteiger partial charge in [-0.15, -0.1) is 11.8 Å². The summed E-state index contributed by atoms with van der Waals surface area (Å²) in [6, 6.07) is 8.10. The molecule has 3 heteroatoms. The van der Waals surface area contributed by atoms with Crippen LogP contribution in [0, 0.1) is 0 Å². The minimum atomic E-state index is -0.192. The first-order chi connectivity index (χ1) is 8.28. The van der Waals surface area contributed by atoms with Crippen molar-refractivity contribution in [3.8, 4) is 0 Å². The Hall–Kier alpha value is -1.22. The minimum absolute atomic E-state index is 0.192. The van der Waals surface area contributed by atoms with Crippen LogP contribution < -0.4 is 0 Å². The van der Waals surface area contributed by atoms with Crippen LogP contribution >= 0.6 is 11.8 Å². The fraction of sp³-hybridized carbons (Fsp3) is 0.357. The zero-order valence-corrected chi connectivity index (χ0v) is 10.8. The van der Waals surface area contributed by atoms with E-state index in [0.29, 0.717) is 6.42 Å². The molecule has 17 heavy (non-hydrogen) atoms. The second kappa shape index (κ2) is 5.92. The second-order valence-electron chi connectivity index (χ2n) is 4.06. The average Bonchev–Trinajstić information content (AvgIpc) is 2.84. The first-order valence-electron chi connectivity index (χ1n) is 5.77. The van der Waals surface area contributed by atoms with Crippen molar-refractivity contribution in [1.29, 1.82) is 0 Å². The van der Waals surface area contributed by atoms with Crippen LogP contribution in [-0.4, -0.2) is 18.8 Å². The zero-order valence-electron chi connectivity index (χ0n) is 9.94. The van der Waals surface area contributed by atoms with Gasteiger partial charge in [0.05, 0.1) is 13.5 Å². The van der Waals surface area contributed by atoms with Gasteiger partial charge in [0.2, 0.25) is 0 Å². The van der Waals surface area contributed by atoms with Gasteiger partial charge in [-0.2, -0.15) is 0 Å². The van der Waals surface area contributed by atoms with Crippen molar-refractivity contribution in [2.45, 2.75) is 19.3 Å². The van der Waals surface area contributed by atoms with Gasteiger partial charge in [-0.3, -0.25) is 4.79 Å². The highest BCUT2D eigenvalue weighted by molar-refractivity contribution is 8.03. The van der Waals surface area contributed by atoms with Crippen molar-refractivity contribution in [3.05, 3.63) is 40.3 Å². The topological polar surface area (TPSA) is 26.3 Å². The summed E-state index contributed by atoms with van der Waals surface area (Å²) in [4.78, 5) is 12.6. The van der Waals surface area contributed by atoms with E-state index < -0.39 is 0 Å². The van der Waals surface area contributed by atoms with Gasteiger partial charge in [0.25, 0.3) is 0 Å². The SMILES string of the molecule is COC(=O)Cc1ccc(/C=C2/CCCS2)cc1. The summed E-state index contributed by atoms with van der Waals surface area (Å²) in [5, 5.41) is 0. The Morgan fingerprint density at radius 3 is 2.76 bits per heavy atom. The largest absolute Gasteiger partial charge is 0.469 e. The maximum Gasteiger partial charge on any atom is 0.309 e. The van der Waals surface area contributed by atoms with Crippen LogP contribution in [0.1, 0.15) is 24.0 Å². The molecule has 0 spiro atoms. The van der Waals surface area contributed by atoms with Gasteiger partial charge in [-0.25, -0.2) is 0 Å². The van der Waals surface area contributed by atoms with Gasteiger partial charge in [0, 0.05) is 0 Å². The number of hydrogen-bond donors (Lipinski definition) is 0. The van der Waals surface area contributed by atoms with E-state index in [0.717, 1.165) is 5.56 Å². The standard InChI is InChI=1S/C14H16O2S/c1-16-14(15)10-12-6-4-11(5-7-12)9-13-3-2-8-17-13/h4-7,9H,2-3,8,10H2,1H3/b13-9-. The molecule has 0 atom stereocenters. The Balaban J connectivity index is 2.02. The Labute approximate surface area is 106 Å². The number of thioether (sulfide) groups is 1. The molecule has 1 aromatic rings. The number of allylic oxidation sites excluding steroid dienone is 1. The van der Waals surface area contributed by atoms with Crippen molar-refractivity contribution < 1.29 is 9.53 Å². The first kappa shape index (κ1) is 12.2. The van der Waals surface area contributed by atoms with Crippen LogP contribution in [0.4, 0.5) is 0 Å². The summed E-state index contributed by atoms with van der Waals surface area (Å²) in [5.41, 5.74) is 2.21. The number of rotatable bonds is 3. The van der Waals surface area contributed by atoms with Crippen molar-refractivity contribution in [3.63, 3.8) is 0 Å². The summed E-state index contributed by atoms with van der Waals surface area (Å²) in [5.74, 6) is 1.05. The molecule has 2 rings (SSSR count). The number of ether oxygens (including phenoxy) is 1. The van der Waals surface area contributed by atoms with E-state index in [1.165, 1.54) is 36.2 Å². The number of methoxy groups -OCH3 is 1. The highest BCUT2D eigenvalue weighted by Gasteiger charge is 2.07. The molecule has 1 aromatic carbocycles. The van der Waals surface area contributed by atoms with E-state index in [1.807, 2.05) is 23.9 Å². The average molecular weight is 248 g/mol. The van der Waals surface area contributed by atoms with Gasteiger partial charge in [0.1, 0.15) is 0 Å². The maximum atomic E-state index is 11.1. The molecular weight excluding hydrogens is 232 g/mol. The molecule has 0 aliphatic carbocycles. The lowest BCUT2D eigenvalue weighted by atomic mass is 10.1. The van der Waals surface area contributed by atoms with E-state index >= 15 is 0 Å². The Bertz CT molecular complexity index is 412. The minimum Gasteiger partial charge on any atom is -0.469 e. The lowest BCUT2D eigenvalue weighted by Gasteiger charge is -2.01. The van der Waals surface area contributed by atoms with Gasteiger partial charge in [-0.1, -0.05) is 24.3 Å². The monoisotopic (exact) mass is 248 g/mol. The van der Waals surface area contributed by atoms with Crippen molar-refractivity contribution >= 4 is 23.8 Å². The number of hydrogen-bond acceptors (Lipinski definition) is 3. The van der Waals surface area contributed by atoms with Crippen LogP contribution in [0.3, 0.4) is 0 Å². The summed E-state index contributed by atoms with van der Waals surface area (Å²) in [6.07, 6.45) is 5.08. The number of esters is 1. The third-order valence-corrected chi connectivity index (χ3v) is 3.92. The van der Waals surface area contributed by atoms with Gasteiger partial charge >= 0.3 is 5.97 Å². The fourth-order valence-corrected chi connectivity index (χ4v) is 2.85. The first-order valence-corrected chi connectivity index (χ1v) is 6.75. The number of benzene rings is 1. The molecule has 2 nitrogen and oxygen atoms in total. The molecule has 0 N–H and O–H groups in total. The predicted octanol–water partition coefficient (Wildman–Crippen LogP) is 3.27. The molecule has 0 amide bonds. The highest BCUT2D eigenvalue weighted by atomic mass is 32.2. The molecule has 0 aromatic heterocycles. The summed E-state index contributed by atoms with van der Waals surface area (Å²) < 4.78 is 4.64. The van der Waals surface area contributed by atoms with Crippen molar-refractivity contribution in [2.24, 2.45) is 0 Å². The Morgan fingerprint density at radius 2 is 2.18 bits per heavy atom. The lowest BCUT2D eigenvalue weighted by Crippen LogP contribution is -2.04. The second-order valence-corrected chi connectivity index (χ2v) is 5.28. The molecule has 1 aliphatic heterocycles. The summed E-state index contributed by atoms with van der Waals surface area (Å²) >= 11 is 1.94. The lowest BCUT2D eigenvalue weighted by molar-refractivity contribution is -0.139. The van der Waals surface area contributed by atoms with Crippen LogP contribution in [0.15, 0.2) is 29.2 Å². The molecule has 1 aliphatic rings. The van der Waals surface area contributed by atoms with E-state index in [9.17, 15) is 4.79 Å². The third-order valence-electron chi connectivity index (χ3n) is 2.74. The van der Waals surface area contributed by atoms with Crippen molar-refractivity contribution in [2.75, 3.05) is 12.9 Å². The Kier molecular flexibility index (Phi) is 4.26. The van der Waals surface area contributed by atoms with E-state index in [2.05, 4.69) is 22.9 Å². The predicted molar refractivity (Wildman–Crippen MR) is 71.8 cm³/mol. The zero-order chi connectivity index (χ0) is 12.1. The Morgan fingerprint density at radius 1 is 1.41 bits per heavy atom. The van der Waals surface area contributed by atoms with E-state index in [1.54, 1.807) is 0 Å². The number of carbonyl (C=O) groups excluding carboxylic acids is 1. The maximum absolute atomic E-state index is 11.1. The van der Waals surface area contributed by atoms with Crippen LogP contribution in [0.5, 0.6) is 0 Å². The molecule has 1 fully saturated rings. The normalized spacial score (nSPS) is 17.4. The van der Waals surface area contributed by atoms with Gasteiger partial charge < -0.3 is 4.74 Å². The van der Waals surface area contributed by atoms with Gasteiger partial charge in [-0.05, 0) is 40.7 Å². The molecule has 0 unspecified atom stereocenters. The molecule has 0 radical (unpaired) electrons. The van der Waals surface area contributed by atoms with E-state index in [4.69, 9.17) is 0 Å². The summed E-state index contributed by atoms with van der Waals surface area (Å²) in [7, 11) is 1.42. The molecule has 0 saturated carbocycles. The van der Waals surface area contributed by atoms with E-state index in [-0.39, 0.29) is 5.97 Å². The molecule has 1 saturated heterocycles. The van der Waals surface area contributed by atoms with Crippen LogP contribution in [0.2, 0.25) is 0 Å². The molecular formula is C14H16O2S. The molecule has 1 heterocycles. The van der Waals surface area contributed by atoms with Crippen molar-refractivity contribution in [1.82, 2.24) is 0 Å². The number of carbonyl (C=O) groups is 1. The quantitative estimate of drug-likeness (QED) is 0.768. The molecule has 0 bridgehead atoms. The highest BCUT2D eigenvalue weighted by Crippen LogP contribution is 2.31. The summed E-state index contributed by atoms with van der Waals surface area (Å²) in [6.45, 7) is 0. The molecule has 90 valence electrons. The third kappa shape index (κ3) is 3.63. The van der Waals surface area contributed by atoms with Crippen LogP contribution in [-0.2, 0) is 16.0 Å². The fourth-order valence-electron chi connectivity index (χ4n) is 1.79. The smallest absolute Gasteiger partial charge is 0.309 e. The van der Waals surface area contributed by atoms with Crippen LogP contribution in [0.25, 0.3) is 6.08 Å². The van der Waals surface area contributed by atoms with Gasteiger partial charge in [0.15, 0.2) is 0 Å².